The summed E-state index contributed by atoms with van der Waals surface area (Å²) in [5, 5.41) is 14.2. The number of fused-ring (bicyclic) bond motifs is 1. The molecule has 130 valence electrons. The number of carboxylic acid groups (broad SMARTS) is 1. The molecule has 24 heavy (non-hydrogen) atoms. The zero-order valence-electron chi connectivity index (χ0n) is 13.7. The van der Waals surface area contributed by atoms with E-state index in [1.807, 2.05) is 13.8 Å². The Morgan fingerprint density at radius 2 is 2.04 bits per heavy atom. The van der Waals surface area contributed by atoms with Crippen molar-refractivity contribution < 1.29 is 23.9 Å². The lowest BCUT2D eigenvalue weighted by atomic mass is 9.96. The van der Waals surface area contributed by atoms with Crippen molar-refractivity contribution in [1.82, 2.24) is 5.32 Å². The Bertz CT molecular complexity index is 673. The van der Waals surface area contributed by atoms with Gasteiger partial charge in [-0.3, -0.25) is 14.4 Å². The Balaban J connectivity index is 2.09. The van der Waals surface area contributed by atoms with Gasteiger partial charge in [-0.05, 0) is 36.5 Å². The molecular formula is C17H21FN2O4. The molecule has 1 aliphatic heterocycles. The zero-order valence-corrected chi connectivity index (χ0v) is 13.7. The Morgan fingerprint density at radius 3 is 2.67 bits per heavy atom. The van der Waals surface area contributed by atoms with Crippen molar-refractivity contribution in [2.45, 2.75) is 33.1 Å². The van der Waals surface area contributed by atoms with E-state index < -0.39 is 23.6 Å². The van der Waals surface area contributed by atoms with Crippen LogP contribution in [0, 0.1) is 17.7 Å². The minimum Gasteiger partial charge on any atom is -0.481 e. The van der Waals surface area contributed by atoms with Crippen LogP contribution in [-0.4, -0.2) is 29.4 Å². The summed E-state index contributed by atoms with van der Waals surface area (Å²) in [5.41, 5.74) is 0.931. The van der Waals surface area contributed by atoms with E-state index in [4.69, 9.17) is 0 Å². The SMILES string of the molecule is CC(C)CC(CNC(=O)c1cc2c(cc1F)NC(=O)CC2)C(=O)O. The van der Waals surface area contributed by atoms with Gasteiger partial charge < -0.3 is 15.7 Å². The van der Waals surface area contributed by atoms with E-state index in [1.165, 1.54) is 6.07 Å². The summed E-state index contributed by atoms with van der Waals surface area (Å²) in [4.78, 5) is 34.7. The van der Waals surface area contributed by atoms with Crippen LogP contribution in [-0.2, 0) is 16.0 Å². The summed E-state index contributed by atoms with van der Waals surface area (Å²) in [5.74, 6) is -3.11. The topological polar surface area (TPSA) is 95.5 Å². The third-order valence-corrected chi connectivity index (χ3v) is 3.95. The number of aryl methyl sites for hydroxylation is 1. The quantitative estimate of drug-likeness (QED) is 0.742. The van der Waals surface area contributed by atoms with E-state index in [2.05, 4.69) is 10.6 Å². The third kappa shape index (κ3) is 4.31. The van der Waals surface area contributed by atoms with Crippen LogP contribution in [0.5, 0.6) is 0 Å². The van der Waals surface area contributed by atoms with Crippen LogP contribution in [0.25, 0.3) is 0 Å². The molecule has 3 N–H and O–H groups in total. The van der Waals surface area contributed by atoms with Gasteiger partial charge in [0.05, 0.1) is 11.5 Å². The molecule has 1 heterocycles. The second kappa shape index (κ2) is 7.42. The van der Waals surface area contributed by atoms with Crippen molar-refractivity contribution in [2.75, 3.05) is 11.9 Å². The molecule has 0 aliphatic carbocycles. The lowest BCUT2D eigenvalue weighted by Gasteiger charge is -2.19. The first-order valence-corrected chi connectivity index (χ1v) is 7.91. The summed E-state index contributed by atoms with van der Waals surface area (Å²) < 4.78 is 14.1. The Labute approximate surface area is 139 Å². The van der Waals surface area contributed by atoms with Crippen LogP contribution >= 0.6 is 0 Å². The molecule has 1 atom stereocenters. The Kier molecular flexibility index (Phi) is 5.54. The maximum atomic E-state index is 14.1. The number of hydrogen-bond donors (Lipinski definition) is 3. The van der Waals surface area contributed by atoms with Crippen molar-refractivity contribution in [1.29, 1.82) is 0 Å². The van der Waals surface area contributed by atoms with Crippen LogP contribution < -0.4 is 10.6 Å². The van der Waals surface area contributed by atoms with Gasteiger partial charge in [0.15, 0.2) is 0 Å². The normalized spacial score (nSPS) is 14.8. The number of carbonyl (C=O) groups excluding carboxylic acids is 2. The summed E-state index contributed by atoms with van der Waals surface area (Å²) in [6, 6.07) is 2.54. The van der Waals surface area contributed by atoms with Crippen LogP contribution in [0.4, 0.5) is 10.1 Å². The van der Waals surface area contributed by atoms with E-state index in [9.17, 15) is 23.9 Å². The van der Waals surface area contributed by atoms with Crippen molar-refractivity contribution in [3.8, 4) is 0 Å². The summed E-state index contributed by atoms with van der Waals surface area (Å²) >= 11 is 0. The molecule has 0 fully saturated rings. The molecule has 2 rings (SSSR count). The zero-order chi connectivity index (χ0) is 17.9. The summed E-state index contributed by atoms with van der Waals surface area (Å²) in [7, 11) is 0. The van der Waals surface area contributed by atoms with Gasteiger partial charge in [0.1, 0.15) is 5.82 Å². The van der Waals surface area contributed by atoms with E-state index in [-0.39, 0.29) is 30.4 Å². The molecule has 0 radical (unpaired) electrons. The Morgan fingerprint density at radius 1 is 1.33 bits per heavy atom. The first kappa shape index (κ1) is 17.9. The fraction of sp³-hybridized carbons (Fsp3) is 0.471. The highest BCUT2D eigenvalue weighted by Crippen LogP contribution is 2.26. The van der Waals surface area contributed by atoms with E-state index in [0.717, 1.165) is 6.07 Å². The molecule has 1 aromatic carbocycles. The number of amides is 2. The average Bonchev–Trinajstić information content (AvgIpc) is 2.49. The number of hydrogen-bond acceptors (Lipinski definition) is 3. The first-order chi connectivity index (χ1) is 11.3. The van der Waals surface area contributed by atoms with Gasteiger partial charge in [-0.1, -0.05) is 13.8 Å². The van der Waals surface area contributed by atoms with Gasteiger partial charge in [-0.2, -0.15) is 0 Å². The minimum atomic E-state index is -0.988. The highest BCUT2D eigenvalue weighted by molar-refractivity contribution is 5.98. The van der Waals surface area contributed by atoms with E-state index in [1.54, 1.807) is 0 Å². The van der Waals surface area contributed by atoms with Gasteiger partial charge in [-0.15, -0.1) is 0 Å². The second-order valence-corrected chi connectivity index (χ2v) is 6.41. The highest BCUT2D eigenvalue weighted by Gasteiger charge is 2.23. The third-order valence-electron chi connectivity index (χ3n) is 3.95. The van der Waals surface area contributed by atoms with Crippen LogP contribution in [0.1, 0.15) is 42.6 Å². The standard InChI is InChI=1S/C17H21FN2O4/c1-9(2)5-11(17(23)24)8-19-16(22)12-6-10-3-4-15(21)20-14(10)7-13(12)18/h6-7,9,11H,3-5,8H2,1-2H3,(H,19,22)(H,20,21)(H,23,24). The molecule has 7 heteroatoms. The molecule has 0 saturated carbocycles. The smallest absolute Gasteiger partial charge is 0.308 e. The van der Waals surface area contributed by atoms with Gasteiger partial charge in [0, 0.05) is 18.7 Å². The average molecular weight is 336 g/mol. The largest absolute Gasteiger partial charge is 0.481 e. The first-order valence-electron chi connectivity index (χ1n) is 7.91. The van der Waals surface area contributed by atoms with Crippen molar-refractivity contribution in [3.05, 3.63) is 29.1 Å². The molecule has 6 nitrogen and oxygen atoms in total. The molecule has 0 bridgehead atoms. The van der Waals surface area contributed by atoms with Crippen molar-refractivity contribution in [2.24, 2.45) is 11.8 Å². The molecule has 0 spiro atoms. The number of nitrogens with one attached hydrogen (secondary N) is 2. The number of benzene rings is 1. The Hall–Kier alpha value is -2.44. The molecule has 0 aromatic heterocycles. The monoisotopic (exact) mass is 336 g/mol. The lowest BCUT2D eigenvalue weighted by molar-refractivity contribution is -0.142. The van der Waals surface area contributed by atoms with Gasteiger partial charge in [0.25, 0.3) is 5.91 Å². The lowest BCUT2D eigenvalue weighted by Crippen LogP contribution is -2.34. The van der Waals surface area contributed by atoms with Crippen molar-refractivity contribution in [3.63, 3.8) is 0 Å². The summed E-state index contributed by atoms with van der Waals surface area (Å²) in [6.07, 6.45) is 1.15. The summed E-state index contributed by atoms with van der Waals surface area (Å²) in [6.45, 7) is 3.74. The molecule has 2 amide bonds. The molecule has 1 aliphatic rings. The number of carboxylic acids is 1. The second-order valence-electron chi connectivity index (χ2n) is 6.41. The van der Waals surface area contributed by atoms with Crippen LogP contribution in [0.15, 0.2) is 12.1 Å². The maximum Gasteiger partial charge on any atom is 0.308 e. The predicted octanol–water partition coefficient (Wildman–Crippen LogP) is 2.19. The number of halogens is 1. The van der Waals surface area contributed by atoms with Crippen LogP contribution in [0.2, 0.25) is 0 Å². The highest BCUT2D eigenvalue weighted by atomic mass is 19.1. The van der Waals surface area contributed by atoms with Crippen LogP contribution in [0.3, 0.4) is 0 Å². The number of aliphatic carboxylic acids is 1. The fourth-order valence-corrected chi connectivity index (χ4v) is 2.73. The predicted molar refractivity (Wildman–Crippen MR) is 86.3 cm³/mol. The molecule has 1 aromatic rings. The number of carbonyl (C=O) groups is 3. The fourth-order valence-electron chi connectivity index (χ4n) is 2.73. The minimum absolute atomic E-state index is 0.0559. The molecule has 1 unspecified atom stereocenters. The number of rotatable bonds is 6. The number of anilines is 1. The molecule has 0 saturated heterocycles. The van der Waals surface area contributed by atoms with Gasteiger partial charge >= 0.3 is 5.97 Å². The van der Waals surface area contributed by atoms with Gasteiger partial charge in [-0.25, -0.2) is 4.39 Å². The van der Waals surface area contributed by atoms with E-state index in [0.29, 0.717) is 24.1 Å². The molecular weight excluding hydrogens is 315 g/mol. The van der Waals surface area contributed by atoms with Gasteiger partial charge in [0.2, 0.25) is 5.91 Å². The maximum absolute atomic E-state index is 14.1. The van der Waals surface area contributed by atoms with E-state index >= 15 is 0 Å². The van der Waals surface area contributed by atoms with Crippen molar-refractivity contribution >= 4 is 23.5 Å².